The van der Waals surface area contributed by atoms with Gasteiger partial charge in [0.05, 0.1) is 6.10 Å². The van der Waals surface area contributed by atoms with E-state index in [1.54, 1.807) is 13.8 Å². The number of hydrogen-bond donors (Lipinski definition) is 1. The van der Waals surface area contributed by atoms with Crippen molar-refractivity contribution in [1.82, 2.24) is 10.3 Å². The summed E-state index contributed by atoms with van der Waals surface area (Å²) in [6.45, 7) is 3.45. The molecular formula is C12H13FN2O3. The van der Waals surface area contributed by atoms with Crippen LogP contribution in [-0.2, 0) is 6.61 Å². The predicted molar refractivity (Wildman–Crippen MR) is 60.4 cm³/mol. The predicted octanol–water partition coefficient (Wildman–Crippen LogP) is 2.15. The van der Waals surface area contributed by atoms with Crippen LogP contribution in [0.1, 0.15) is 30.0 Å². The van der Waals surface area contributed by atoms with Gasteiger partial charge >= 0.3 is 0 Å². The molecule has 1 aromatic heterocycles. The van der Waals surface area contributed by atoms with Crippen LogP contribution in [0.3, 0.4) is 0 Å². The number of aliphatic hydroxyl groups excluding tert-OH is 1. The number of hydrogen-bond acceptors (Lipinski definition) is 5. The van der Waals surface area contributed by atoms with Gasteiger partial charge in [-0.05, 0) is 32.0 Å². The molecule has 1 heterocycles. The van der Waals surface area contributed by atoms with Crippen LogP contribution in [0.4, 0.5) is 4.39 Å². The van der Waals surface area contributed by atoms with Crippen molar-refractivity contribution in [1.29, 1.82) is 0 Å². The first kappa shape index (κ1) is 12.5. The third kappa shape index (κ3) is 2.65. The molecule has 0 aliphatic heterocycles. The van der Waals surface area contributed by atoms with Crippen molar-refractivity contribution < 1.29 is 18.9 Å². The van der Waals surface area contributed by atoms with E-state index in [1.807, 2.05) is 0 Å². The fraction of sp³-hybridized carbons (Fsp3) is 0.333. The van der Waals surface area contributed by atoms with Crippen molar-refractivity contribution in [2.75, 3.05) is 0 Å². The third-order valence-corrected chi connectivity index (χ3v) is 2.53. The van der Waals surface area contributed by atoms with Crippen LogP contribution in [0.5, 0.6) is 5.75 Å². The molecule has 2 rings (SSSR count). The molecule has 0 saturated heterocycles. The summed E-state index contributed by atoms with van der Waals surface area (Å²) in [5, 5.41) is 16.8. The van der Waals surface area contributed by atoms with Gasteiger partial charge in [-0.25, -0.2) is 9.02 Å². The van der Waals surface area contributed by atoms with E-state index in [0.717, 1.165) is 0 Å². The highest BCUT2D eigenvalue weighted by Crippen LogP contribution is 2.26. The number of aryl methyl sites for hydroxylation is 1. The summed E-state index contributed by atoms with van der Waals surface area (Å²) in [4.78, 5) is 0. The maximum absolute atomic E-state index is 13.1. The van der Waals surface area contributed by atoms with Crippen LogP contribution in [0, 0.1) is 12.7 Å². The second-order valence-corrected chi connectivity index (χ2v) is 3.94. The Morgan fingerprint density at radius 1 is 1.44 bits per heavy atom. The summed E-state index contributed by atoms with van der Waals surface area (Å²) < 4.78 is 23.1. The van der Waals surface area contributed by atoms with Gasteiger partial charge in [-0.2, -0.15) is 0 Å². The highest BCUT2D eigenvalue weighted by atomic mass is 19.1. The lowest BCUT2D eigenvalue weighted by atomic mass is 10.1. The number of nitrogens with zero attached hydrogens (tertiary/aromatic N) is 2. The molecular weight excluding hydrogens is 239 g/mol. The summed E-state index contributed by atoms with van der Waals surface area (Å²) >= 11 is 0. The van der Waals surface area contributed by atoms with Gasteiger partial charge in [0.25, 0.3) is 0 Å². The lowest BCUT2D eigenvalue weighted by Gasteiger charge is -2.12. The van der Waals surface area contributed by atoms with Gasteiger partial charge in [0.2, 0.25) is 0 Å². The molecule has 1 atom stereocenters. The first-order valence-electron chi connectivity index (χ1n) is 5.46. The van der Waals surface area contributed by atoms with Crippen molar-refractivity contribution in [2.45, 2.75) is 26.6 Å². The van der Waals surface area contributed by atoms with E-state index >= 15 is 0 Å². The molecule has 96 valence electrons. The Hall–Kier alpha value is -1.95. The largest absolute Gasteiger partial charge is 0.487 e. The van der Waals surface area contributed by atoms with E-state index in [9.17, 15) is 9.50 Å². The number of ether oxygens (including phenoxy) is 1. The van der Waals surface area contributed by atoms with Gasteiger partial charge in [0.1, 0.15) is 29.6 Å². The second-order valence-electron chi connectivity index (χ2n) is 3.94. The molecule has 6 heteroatoms. The first-order valence-corrected chi connectivity index (χ1v) is 5.46. The van der Waals surface area contributed by atoms with E-state index < -0.39 is 11.9 Å². The van der Waals surface area contributed by atoms with E-state index in [1.165, 1.54) is 18.2 Å². The Kier molecular flexibility index (Phi) is 3.57. The zero-order valence-corrected chi connectivity index (χ0v) is 10.1. The summed E-state index contributed by atoms with van der Waals surface area (Å²) in [6, 6.07) is 3.99. The van der Waals surface area contributed by atoms with Crippen molar-refractivity contribution in [3.05, 3.63) is 41.0 Å². The zero-order chi connectivity index (χ0) is 13.1. The lowest BCUT2D eigenvalue weighted by Crippen LogP contribution is -2.02. The minimum Gasteiger partial charge on any atom is -0.487 e. The summed E-state index contributed by atoms with van der Waals surface area (Å²) in [5.41, 5.74) is 1.59. The molecule has 0 saturated carbocycles. The molecule has 0 aliphatic carbocycles. The van der Waals surface area contributed by atoms with E-state index in [0.29, 0.717) is 22.7 Å². The van der Waals surface area contributed by atoms with Crippen LogP contribution in [0.2, 0.25) is 0 Å². The molecule has 2 aromatic rings. The normalized spacial score (nSPS) is 12.4. The Bertz CT molecular complexity index is 540. The fourth-order valence-electron chi connectivity index (χ4n) is 1.50. The van der Waals surface area contributed by atoms with Crippen LogP contribution in [0.25, 0.3) is 0 Å². The van der Waals surface area contributed by atoms with Gasteiger partial charge in [0.15, 0.2) is 0 Å². The van der Waals surface area contributed by atoms with Crippen LogP contribution in [0.15, 0.2) is 22.8 Å². The van der Waals surface area contributed by atoms with Crippen LogP contribution < -0.4 is 4.74 Å². The summed E-state index contributed by atoms with van der Waals surface area (Å²) in [5.74, 6) is -0.00802. The van der Waals surface area contributed by atoms with Gasteiger partial charge in [-0.15, -0.1) is 0 Å². The molecule has 1 unspecified atom stereocenters. The molecule has 0 radical (unpaired) electrons. The maximum Gasteiger partial charge on any atom is 0.145 e. The van der Waals surface area contributed by atoms with Crippen LogP contribution >= 0.6 is 0 Å². The highest BCUT2D eigenvalue weighted by molar-refractivity contribution is 5.35. The maximum atomic E-state index is 13.1. The number of aliphatic hydroxyl groups is 1. The molecule has 0 fully saturated rings. The summed E-state index contributed by atoms with van der Waals surface area (Å²) in [6.07, 6.45) is -0.813. The summed E-state index contributed by atoms with van der Waals surface area (Å²) in [7, 11) is 0. The van der Waals surface area contributed by atoms with Crippen molar-refractivity contribution in [2.24, 2.45) is 0 Å². The van der Waals surface area contributed by atoms with Crippen molar-refractivity contribution >= 4 is 0 Å². The van der Waals surface area contributed by atoms with Crippen LogP contribution in [-0.4, -0.2) is 15.4 Å². The molecule has 18 heavy (non-hydrogen) atoms. The average Bonchev–Trinajstić information content (AvgIpc) is 2.73. The molecule has 1 N–H and O–H groups in total. The van der Waals surface area contributed by atoms with Crippen molar-refractivity contribution in [3.63, 3.8) is 0 Å². The first-order chi connectivity index (χ1) is 8.58. The van der Waals surface area contributed by atoms with Crippen molar-refractivity contribution in [3.8, 4) is 5.75 Å². The lowest BCUT2D eigenvalue weighted by molar-refractivity contribution is 0.188. The monoisotopic (exact) mass is 252 g/mol. The second kappa shape index (κ2) is 5.14. The van der Waals surface area contributed by atoms with Gasteiger partial charge in [-0.3, -0.25) is 0 Å². The molecule has 0 aliphatic rings. The quantitative estimate of drug-likeness (QED) is 0.902. The van der Waals surface area contributed by atoms with E-state index in [2.05, 4.69) is 14.9 Å². The van der Waals surface area contributed by atoms with E-state index in [-0.39, 0.29) is 6.61 Å². The molecule has 0 bridgehead atoms. The van der Waals surface area contributed by atoms with Gasteiger partial charge in [0, 0.05) is 5.56 Å². The Morgan fingerprint density at radius 3 is 2.83 bits per heavy atom. The Balaban J connectivity index is 2.16. The third-order valence-electron chi connectivity index (χ3n) is 2.53. The Morgan fingerprint density at radius 2 is 2.22 bits per heavy atom. The van der Waals surface area contributed by atoms with Gasteiger partial charge in [-0.1, -0.05) is 10.3 Å². The molecule has 1 aromatic carbocycles. The molecule has 0 spiro atoms. The Labute approximate surface area is 103 Å². The number of halogens is 1. The average molecular weight is 252 g/mol. The number of rotatable bonds is 4. The molecule has 0 amide bonds. The smallest absolute Gasteiger partial charge is 0.145 e. The van der Waals surface area contributed by atoms with E-state index in [4.69, 9.17) is 4.74 Å². The zero-order valence-electron chi connectivity index (χ0n) is 10.1. The minimum atomic E-state index is -0.813. The SMILES string of the molecule is Cc1nonc1COc1ccc(F)cc1C(C)O. The van der Waals surface area contributed by atoms with Gasteiger partial charge < -0.3 is 9.84 Å². The number of benzene rings is 1. The highest BCUT2D eigenvalue weighted by Gasteiger charge is 2.12. The standard InChI is InChI=1S/C12H13FN2O3/c1-7-11(15-18-14-7)6-17-12-4-3-9(13)5-10(12)8(2)16/h3-5,8,16H,6H2,1-2H3. The minimum absolute atomic E-state index is 0.153. The topological polar surface area (TPSA) is 68.4 Å². The molecule has 5 nitrogen and oxygen atoms in total. The number of aromatic nitrogens is 2. The fourth-order valence-corrected chi connectivity index (χ4v) is 1.50.